The van der Waals surface area contributed by atoms with Crippen molar-refractivity contribution in [3.05, 3.63) is 0 Å². The van der Waals surface area contributed by atoms with Crippen molar-refractivity contribution in [3.8, 4) is 0 Å². The number of urea groups is 1. The fourth-order valence-electron chi connectivity index (χ4n) is 2.36. The summed E-state index contributed by atoms with van der Waals surface area (Å²) in [6.45, 7) is 8.46. The van der Waals surface area contributed by atoms with Crippen molar-refractivity contribution in [1.82, 2.24) is 9.80 Å². The molecule has 20 heavy (non-hydrogen) atoms. The summed E-state index contributed by atoms with van der Waals surface area (Å²) in [5.41, 5.74) is -0.0660. The van der Waals surface area contributed by atoms with Gasteiger partial charge in [0.25, 0.3) is 0 Å². The van der Waals surface area contributed by atoms with E-state index in [0.29, 0.717) is 13.0 Å². The van der Waals surface area contributed by atoms with Gasteiger partial charge in [0.05, 0.1) is 6.10 Å². The lowest BCUT2D eigenvalue weighted by molar-refractivity contribution is -0.141. The molecule has 0 radical (unpaired) electrons. The Morgan fingerprint density at radius 3 is 2.35 bits per heavy atom. The Balaban J connectivity index is 2.87. The number of aliphatic carboxylic acids is 1. The SMILES string of the molecule is COC1CC(C(=O)O)N(C(=O)N(C)C(C)C(C)(C)C)C1. The summed E-state index contributed by atoms with van der Waals surface area (Å²) in [6.07, 6.45) is 0.133. The molecule has 0 aliphatic carbocycles. The van der Waals surface area contributed by atoms with Gasteiger partial charge in [0.1, 0.15) is 6.04 Å². The Labute approximate surface area is 120 Å². The molecule has 3 atom stereocenters. The number of hydrogen-bond donors (Lipinski definition) is 1. The maximum atomic E-state index is 12.5. The van der Waals surface area contributed by atoms with Gasteiger partial charge in [-0.3, -0.25) is 0 Å². The second-order valence-corrected chi connectivity index (χ2v) is 6.54. The van der Waals surface area contributed by atoms with Gasteiger partial charge in [0, 0.05) is 33.2 Å². The molecule has 1 N–H and O–H groups in total. The minimum absolute atomic E-state index is 0.00559. The Bertz CT molecular complexity index is 378. The number of hydrogen-bond acceptors (Lipinski definition) is 3. The van der Waals surface area contributed by atoms with E-state index < -0.39 is 12.0 Å². The van der Waals surface area contributed by atoms with E-state index >= 15 is 0 Å². The van der Waals surface area contributed by atoms with Crippen molar-refractivity contribution >= 4 is 12.0 Å². The molecule has 1 rings (SSSR count). The molecule has 0 bridgehead atoms. The molecule has 6 heteroatoms. The molecule has 0 aromatic rings. The van der Waals surface area contributed by atoms with Crippen molar-refractivity contribution in [2.24, 2.45) is 5.41 Å². The van der Waals surface area contributed by atoms with Crippen molar-refractivity contribution < 1.29 is 19.4 Å². The van der Waals surface area contributed by atoms with Crippen LogP contribution in [0.3, 0.4) is 0 Å². The highest BCUT2D eigenvalue weighted by Gasteiger charge is 2.42. The number of amides is 2. The summed E-state index contributed by atoms with van der Waals surface area (Å²) in [4.78, 5) is 26.9. The van der Waals surface area contributed by atoms with E-state index in [4.69, 9.17) is 4.74 Å². The number of methoxy groups -OCH3 is 1. The van der Waals surface area contributed by atoms with Crippen LogP contribution in [0, 0.1) is 5.41 Å². The zero-order valence-electron chi connectivity index (χ0n) is 13.2. The van der Waals surface area contributed by atoms with E-state index in [1.165, 1.54) is 4.90 Å². The Morgan fingerprint density at radius 1 is 1.40 bits per heavy atom. The molecule has 1 fully saturated rings. The zero-order chi connectivity index (χ0) is 15.7. The van der Waals surface area contributed by atoms with E-state index in [0.717, 1.165) is 0 Å². The molecule has 0 spiro atoms. The number of carbonyl (C=O) groups is 2. The van der Waals surface area contributed by atoms with E-state index in [9.17, 15) is 14.7 Å². The van der Waals surface area contributed by atoms with E-state index in [-0.39, 0.29) is 23.6 Å². The highest BCUT2D eigenvalue weighted by atomic mass is 16.5. The van der Waals surface area contributed by atoms with Gasteiger partial charge in [-0.25, -0.2) is 9.59 Å². The van der Waals surface area contributed by atoms with Gasteiger partial charge in [0.2, 0.25) is 0 Å². The summed E-state index contributed by atoms with van der Waals surface area (Å²) in [6, 6.07) is -1.05. The Hall–Kier alpha value is -1.30. The number of rotatable bonds is 3. The predicted molar refractivity (Wildman–Crippen MR) is 75.6 cm³/mol. The molecule has 2 amide bonds. The number of carboxylic acid groups (broad SMARTS) is 1. The number of nitrogens with zero attached hydrogens (tertiary/aromatic N) is 2. The molecular formula is C14H26N2O4. The number of carbonyl (C=O) groups excluding carboxylic acids is 1. The summed E-state index contributed by atoms with van der Waals surface area (Å²) in [7, 11) is 3.26. The molecule has 3 unspecified atom stereocenters. The van der Waals surface area contributed by atoms with E-state index in [1.54, 1.807) is 19.1 Å². The van der Waals surface area contributed by atoms with E-state index in [2.05, 4.69) is 20.8 Å². The minimum atomic E-state index is -0.977. The third-order valence-electron chi connectivity index (χ3n) is 4.26. The van der Waals surface area contributed by atoms with Crippen molar-refractivity contribution in [2.75, 3.05) is 20.7 Å². The maximum Gasteiger partial charge on any atom is 0.326 e. The van der Waals surface area contributed by atoms with Crippen LogP contribution in [-0.4, -0.2) is 65.8 Å². The van der Waals surface area contributed by atoms with Crippen molar-refractivity contribution in [1.29, 1.82) is 0 Å². The summed E-state index contributed by atoms with van der Waals surface area (Å²) in [5.74, 6) is -0.977. The molecule has 1 aliphatic heterocycles. The second kappa shape index (κ2) is 5.99. The van der Waals surface area contributed by atoms with Gasteiger partial charge in [-0.1, -0.05) is 20.8 Å². The summed E-state index contributed by atoms with van der Waals surface area (Å²) in [5, 5.41) is 9.26. The number of ether oxygens (including phenoxy) is 1. The lowest BCUT2D eigenvalue weighted by Gasteiger charge is -2.38. The van der Waals surface area contributed by atoms with Crippen LogP contribution in [0.5, 0.6) is 0 Å². The van der Waals surface area contributed by atoms with Gasteiger partial charge in [-0.15, -0.1) is 0 Å². The second-order valence-electron chi connectivity index (χ2n) is 6.54. The number of carboxylic acids is 1. The first kappa shape index (κ1) is 16.8. The van der Waals surface area contributed by atoms with Gasteiger partial charge in [0.15, 0.2) is 0 Å². The van der Waals surface area contributed by atoms with Gasteiger partial charge in [-0.2, -0.15) is 0 Å². The Kier molecular flexibility index (Phi) is 5.02. The molecule has 1 heterocycles. The van der Waals surface area contributed by atoms with Gasteiger partial charge < -0.3 is 19.6 Å². The minimum Gasteiger partial charge on any atom is -0.480 e. The van der Waals surface area contributed by atoms with Crippen LogP contribution < -0.4 is 0 Å². The van der Waals surface area contributed by atoms with Crippen LogP contribution in [0.1, 0.15) is 34.1 Å². The highest BCUT2D eigenvalue weighted by molar-refractivity contribution is 5.83. The standard InChI is InChI=1S/C14H26N2O4/c1-9(14(2,3)4)15(5)13(19)16-8-10(20-6)7-11(16)12(17)18/h9-11H,7-8H2,1-6H3,(H,17,18). The molecule has 1 saturated heterocycles. The first-order chi connectivity index (χ1) is 9.09. The molecule has 116 valence electrons. The molecular weight excluding hydrogens is 260 g/mol. The molecule has 6 nitrogen and oxygen atoms in total. The van der Waals surface area contributed by atoms with E-state index in [1.807, 2.05) is 6.92 Å². The van der Waals surface area contributed by atoms with Crippen molar-refractivity contribution in [2.45, 2.75) is 52.3 Å². The van der Waals surface area contributed by atoms with Gasteiger partial charge in [-0.05, 0) is 12.3 Å². The van der Waals surface area contributed by atoms with Crippen LogP contribution in [0.4, 0.5) is 4.79 Å². The monoisotopic (exact) mass is 286 g/mol. The third-order valence-corrected chi connectivity index (χ3v) is 4.26. The average molecular weight is 286 g/mol. The summed E-state index contributed by atoms with van der Waals surface area (Å²) < 4.78 is 5.20. The predicted octanol–water partition coefficient (Wildman–Crippen LogP) is 1.65. The Morgan fingerprint density at radius 2 is 1.95 bits per heavy atom. The van der Waals surface area contributed by atoms with Crippen LogP contribution in [0.15, 0.2) is 0 Å². The molecule has 0 aromatic carbocycles. The fourth-order valence-corrected chi connectivity index (χ4v) is 2.36. The lowest BCUT2D eigenvalue weighted by atomic mass is 9.87. The average Bonchev–Trinajstić information content (AvgIpc) is 2.79. The van der Waals surface area contributed by atoms with Crippen LogP contribution in [0.2, 0.25) is 0 Å². The third kappa shape index (κ3) is 3.42. The lowest BCUT2D eigenvalue weighted by Crippen LogP contribution is -2.52. The summed E-state index contributed by atoms with van der Waals surface area (Å²) >= 11 is 0. The fraction of sp³-hybridized carbons (Fsp3) is 0.857. The first-order valence-corrected chi connectivity index (χ1v) is 6.88. The normalized spacial score (nSPS) is 24.6. The van der Waals surface area contributed by atoms with Crippen LogP contribution >= 0.6 is 0 Å². The van der Waals surface area contributed by atoms with Gasteiger partial charge >= 0.3 is 12.0 Å². The molecule has 0 aromatic heterocycles. The highest BCUT2D eigenvalue weighted by Crippen LogP contribution is 2.27. The van der Waals surface area contributed by atoms with Crippen LogP contribution in [-0.2, 0) is 9.53 Å². The smallest absolute Gasteiger partial charge is 0.326 e. The largest absolute Gasteiger partial charge is 0.480 e. The quantitative estimate of drug-likeness (QED) is 0.856. The maximum absolute atomic E-state index is 12.5. The topological polar surface area (TPSA) is 70.1 Å². The van der Waals surface area contributed by atoms with Crippen molar-refractivity contribution in [3.63, 3.8) is 0 Å². The molecule has 1 aliphatic rings. The van der Waals surface area contributed by atoms with Crippen LogP contribution in [0.25, 0.3) is 0 Å². The number of likely N-dealkylation sites (tertiary alicyclic amines) is 1. The molecule has 0 saturated carbocycles. The zero-order valence-corrected chi connectivity index (χ0v) is 13.2. The first-order valence-electron chi connectivity index (χ1n) is 6.88.